The van der Waals surface area contributed by atoms with Crippen molar-refractivity contribution in [2.24, 2.45) is 0 Å². The van der Waals surface area contributed by atoms with Gasteiger partial charge in [-0.1, -0.05) is 47.1 Å². The van der Waals surface area contributed by atoms with Crippen LogP contribution in [0.25, 0.3) is 0 Å². The van der Waals surface area contributed by atoms with Gasteiger partial charge >= 0.3 is 0 Å². The molecular formula is C13H18BrN. The fourth-order valence-electron chi connectivity index (χ4n) is 1.29. The van der Waals surface area contributed by atoms with Gasteiger partial charge in [0.15, 0.2) is 0 Å². The summed E-state index contributed by atoms with van der Waals surface area (Å²) in [6, 6.07) is 8.79. The molecule has 1 N–H and O–H groups in total. The second-order valence-electron chi connectivity index (χ2n) is 3.76. The summed E-state index contributed by atoms with van der Waals surface area (Å²) in [6.45, 7) is 9.19. The molecule has 0 aliphatic heterocycles. The van der Waals surface area contributed by atoms with Gasteiger partial charge in [0.2, 0.25) is 0 Å². The Hall–Kier alpha value is -0.600. The van der Waals surface area contributed by atoms with E-state index in [1.165, 1.54) is 11.1 Å². The molecule has 0 spiro atoms. The summed E-state index contributed by atoms with van der Waals surface area (Å²) in [5, 5.41) is 3.45. The van der Waals surface area contributed by atoms with Gasteiger partial charge in [0.1, 0.15) is 0 Å². The van der Waals surface area contributed by atoms with Crippen LogP contribution in [-0.2, 0) is 0 Å². The zero-order chi connectivity index (χ0) is 11.3. The normalized spacial score (nSPS) is 12.5. The first-order valence-corrected chi connectivity index (χ1v) is 6.08. The second-order valence-corrected chi connectivity index (χ2v) is 4.67. The van der Waals surface area contributed by atoms with Gasteiger partial charge in [-0.15, -0.1) is 0 Å². The zero-order valence-corrected chi connectivity index (χ0v) is 11.0. The molecule has 0 radical (unpaired) electrons. The minimum Gasteiger partial charge on any atom is -0.306 e. The van der Waals surface area contributed by atoms with Crippen molar-refractivity contribution in [1.29, 1.82) is 0 Å². The number of benzene rings is 1. The van der Waals surface area contributed by atoms with Crippen molar-refractivity contribution < 1.29 is 0 Å². The summed E-state index contributed by atoms with van der Waals surface area (Å²) in [7, 11) is 0. The molecule has 1 aromatic rings. The molecule has 0 heterocycles. The number of hydrogen-bond acceptors (Lipinski definition) is 1. The summed E-state index contributed by atoms with van der Waals surface area (Å²) >= 11 is 3.43. The molecule has 0 bridgehead atoms. The van der Waals surface area contributed by atoms with Crippen LogP contribution in [0.2, 0.25) is 0 Å². The molecule has 1 rings (SSSR count). The summed E-state index contributed by atoms with van der Waals surface area (Å²) in [5.74, 6) is 0. The molecule has 82 valence electrons. The predicted molar refractivity (Wildman–Crippen MR) is 70.0 cm³/mol. The number of nitrogens with one attached hydrogen (secondary N) is 1. The summed E-state index contributed by atoms with van der Waals surface area (Å²) in [6.07, 6.45) is 1.04. The third-order valence-electron chi connectivity index (χ3n) is 2.53. The smallest absolute Gasteiger partial charge is 0.0294 e. The highest BCUT2D eigenvalue weighted by atomic mass is 79.9. The van der Waals surface area contributed by atoms with E-state index in [0.29, 0.717) is 6.04 Å². The van der Waals surface area contributed by atoms with E-state index in [4.69, 9.17) is 0 Å². The largest absolute Gasteiger partial charge is 0.306 e. The van der Waals surface area contributed by atoms with Gasteiger partial charge in [-0.05, 0) is 31.0 Å². The molecule has 0 aliphatic rings. The minimum absolute atomic E-state index is 0.376. The van der Waals surface area contributed by atoms with Gasteiger partial charge in [0, 0.05) is 17.1 Å². The van der Waals surface area contributed by atoms with Crippen LogP contribution in [0.3, 0.4) is 0 Å². The average Bonchev–Trinajstić information content (AvgIpc) is 2.26. The Kier molecular flexibility index (Phi) is 5.06. The van der Waals surface area contributed by atoms with Crippen LogP contribution in [0, 0.1) is 0 Å². The Morgan fingerprint density at radius 2 is 2.00 bits per heavy atom. The topological polar surface area (TPSA) is 12.0 Å². The van der Waals surface area contributed by atoms with E-state index in [0.717, 1.165) is 17.4 Å². The maximum Gasteiger partial charge on any atom is 0.0294 e. The lowest BCUT2D eigenvalue weighted by molar-refractivity contribution is 0.602. The molecular weight excluding hydrogens is 250 g/mol. The zero-order valence-electron chi connectivity index (χ0n) is 9.39. The highest BCUT2D eigenvalue weighted by Gasteiger charge is 2.03. The number of rotatable bonds is 5. The first-order chi connectivity index (χ1) is 7.13. The molecule has 0 amide bonds. The average molecular weight is 268 g/mol. The van der Waals surface area contributed by atoms with E-state index >= 15 is 0 Å². The number of halogens is 1. The van der Waals surface area contributed by atoms with E-state index < -0.39 is 0 Å². The van der Waals surface area contributed by atoms with Crippen LogP contribution >= 0.6 is 15.9 Å². The first kappa shape index (κ1) is 12.5. The standard InChI is InChI=1S/C13H18BrN/c1-4-10(2)9-15-11(3)12-5-7-13(14)8-6-12/h5-8,11,15H,2,4,9H2,1,3H3/t11-/m1/s1. The summed E-state index contributed by atoms with van der Waals surface area (Å²) in [5.41, 5.74) is 2.56. The van der Waals surface area contributed by atoms with Gasteiger partial charge in [0.25, 0.3) is 0 Å². The van der Waals surface area contributed by atoms with Crippen molar-refractivity contribution in [3.8, 4) is 0 Å². The second kappa shape index (κ2) is 6.09. The molecule has 1 nitrogen and oxygen atoms in total. The van der Waals surface area contributed by atoms with Crippen molar-refractivity contribution in [3.05, 3.63) is 46.5 Å². The van der Waals surface area contributed by atoms with Gasteiger partial charge in [0.05, 0.1) is 0 Å². The Morgan fingerprint density at radius 3 is 2.53 bits per heavy atom. The van der Waals surface area contributed by atoms with E-state index in [1.54, 1.807) is 0 Å². The van der Waals surface area contributed by atoms with Gasteiger partial charge in [-0.3, -0.25) is 0 Å². The van der Waals surface area contributed by atoms with Crippen molar-refractivity contribution >= 4 is 15.9 Å². The molecule has 0 aliphatic carbocycles. The molecule has 0 unspecified atom stereocenters. The quantitative estimate of drug-likeness (QED) is 0.794. The Morgan fingerprint density at radius 1 is 1.40 bits per heavy atom. The van der Waals surface area contributed by atoms with Crippen molar-refractivity contribution in [1.82, 2.24) is 5.32 Å². The van der Waals surface area contributed by atoms with Gasteiger partial charge in [-0.2, -0.15) is 0 Å². The highest BCUT2D eigenvalue weighted by Crippen LogP contribution is 2.16. The highest BCUT2D eigenvalue weighted by molar-refractivity contribution is 9.10. The van der Waals surface area contributed by atoms with Crippen molar-refractivity contribution in [3.63, 3.8) is 0 Å². The van der Waals surface area contributed by atoms with Crippen molar-refractivity contribution in [2.75, 3.05) is 6.54 Å². The molecule has 0 aromatic heterocycles. The molecule has 0 fully saturated rings. The SMILES string of the molecule is C=C(CC)CN[C@H](C)c1ccc(Br)cc1. The van der Waals surface area contributed by atoms with Crippen molar-refractivity contribution in [2.45, 2.75) is 26.3 Å². The van der Waals surface area contributed by atoms with Crippen LogP contribution in [0.15, 0.2) is 40.9 Å². The van der Waals surface area contributed by atoms with E-state index in [9.17, 15) is 0 Å². The maximum absolute atomic E-state index is 3.98. The number of hydrogen-bond donors (Lipinski definition) is 1. The summed E-state index contributed by atoms with van der Waals surface area (Å²) in [4.78, 5) is 0. The van der Waals surface area contributed by atoms with Crippen LogP contribution in [0.5, 0.6) is 0 Å². The molecule has 2 heteroatoms. The lowest BCUT2D eigenvalue weighted by Gasteiger charge is -2.14. The van der Waals surface area contributed by atoms with Gasteiger partial charge in [-0.25, -0.2) is 0 Å². The molecule has 0 saturated heterocycles. The van der Waals surface area contributed by atoms with Crippen LogP contribution in [0.4, 0.5) is 0 Å². The van der Waals surface area contributed by atoms with Crippen LogP contribution in [0.1, 0.15) is 31.9 Å². The molecule has 0 saturated carbocycles. The fraction of sp³-hybridized carbons (Fsp3) is 0.385. The van der Waals surface area contributed by atoms with E-state index in [-0.39, 0.29) is 0 Å². The lowest BCUT2D eigenvalue weighted by Crippen LogP contribution is -2.20. The third kappa shape index (κ3) is 4.18. The van der Waals surface area contributed by atoms with Crippen LogP contribution < -0.4 is 5.32 Å². The van der Waals surface area contributed by atoms with E-state index in [1.807, 2.05) is 0 Å². The lowest BCUT2D eigenvalue weighted by atomic mass is 10.1. The third-order valence-corrected chi connectivity index (χ3v) is 3.06. The predicted octanol–water partition coefficient (Wildman–Crippen LogP) is 4.07. The fourth-order valence-corrected chi connectivity index (χ4v) is 1.56. The van der Waals surface area contributed by atoms with Gasteiger partial charge < -0.3 is 5.32 Å². The Bertz CT molecular complexity index is 316. The molecule has 15 heavy (non-hydrogen) atoms. The van der Waals surface area contributed by atoms with E-state index in [2.05, 4.69) is 65.9 Å². The molecule has 1 aromatic carbocycles. The Balaban J connectivity index is 2.50. The molecule has 1 atom stereocenters. The Labute approximate surface area is 101 Å². The first-order valence-electron chi connectivity index (χ1n) is 5.29. The maximum atomic E-state index is 3.98. The summed E-state index contributed by atoms with van der Waals surface area (Å²) < 4.78 is 1.12. The van der Waals surface area contributed by atoms with Crippen LogP contribution in [-0.4, -0.2) is 6.54 Å². The monoisotopic (exact) mass is 267 g/mol. The minimum atomic E-state index is 0.376.